The third-order valence-corrected chi connectivity index (χ3v) is 5.01. The highest BCUT2D eigenvalue weighted by molar-refractivity contribution is 7.99. The van der Waals surface area contributed by atoms with Crippen LogP contribution in [0.25, 0.3) is 11.0 Å². The Bertz CT molecular complexity index is 922. The number of carbonyl (C=O) groups is 1. The van der Waals surface area contributed by atoms with Gasteiger partial charge in [0.05, 0.1) is 32.5 Å². The van der Waals surface area contributed by atoms with Crippen LogP contribution < -0.4 is 5.43 Å². The zero-order valence-corrected chi connectivity index (χ0v) is 15.5. The first-order valence-corrected chi connectivity index (χ1v) is 9.13. The van der Waals surface area contributed by atoms with Crippen molar-refractivity contribution in [2.45, 2.75) is 12.1 Å². The summed E-state index contributed by atoms with van der Waals surface area (Å²) in [5.74, 6) is -0.0114. The number of imidazole rings is 1. The number of aromatic amines is 1. The number of H-pyrrole nitrogens is 1. The van der Waals surface area contributed by atoms with Crippen LogP contribution in [0.4, 0.5) is 0 Å². The van der Waals surface area contributed by atoms with Gasteiger partial charge in [0.25, 0.3) is 5.91 Å². The fourth-order valence-electron chi connectivity index (χ4n) is 2.10. The van der Waals surface area contributed by atoms with Crippen molar-refractivity contribution in [3.63, 3.8) is 0 Å². The highest BCUT2D eigenvalue weighted by Gasteiger charge is 2.07. The molecule has 0 aliphatic carbocycles. The molecule has 0 radical (unpaired) electrons. The summed E-state index contributed by atoms with van der Waals surface area (Å²) in [6.45, 7) is 1.78. The number of nitrogens with zero attached hydrogens (tertiary/aromatic N) is 2. The van der Waals surface area contributed by atoms with Crippen molar-refractivity contribution in [3.05, 3.63) is 58.1 Å². The summed E-state index contributed by atoms with van der Waals surface area (Å²) >= 11 is 13.2. The average molecular weight is 393 g/mol. The van der Waals surface area contributed by atoms with E-state index in [1.165, 1.54) is 11.8 Å². The maximum absolute atomic E-state index is 12.0. The summed E-state index contributed by atoms with van der Waals surface area (Å²) in [7, 11) is 0. The van der Waals surface area contributed by atoms with Gasteiger partial charge in [-0.3, -0.25) is 4.79 Å². The summed E-state index contributed by atoms with van der Waals surface area (Å²) in [6, 6.07) is 12.9. The normalized spacial score (nSPS) is 11.7. The van der Waals surface area contributed by atoms with E-state index in [-0.39, 0.29) is 11.7 Å². The van der Waals surface area contributed by atoms with Crippen molar-refractivity contribution in [2.24, 2.45) is 5.10 Å². The molecule has 25 heavy (non-hydrogen) atoms. The number of nitrogens with one attached hydrogen (secondary N) is 2. The zero-order valence-electron chi connectivity index (χ0n) is 13.2. The van der Waals surface area contributed by atoms with Gasteiger partial charge in [0.2, 0.25) is 0 Å². The molecule has 128 valence electrons. The van der Waals surface area contributed by atoms with E-state index in [1.807, 2.05) is 24.3 Å². The third kappa shape index (κ3) is 4.54. The SMILES string of the molecule is C/C(=N\NC(=O)CSc1nc2ccccc2[nH]1)c1ccc(Cl)c(Cl)c1. The second-order valence-corrected chi connectivity index (χ2v) is 6.99. The van der Waals surface area contributed by atoms with Gasteiger partial charge in [-0.1, -0.05) is 53.2 Å². The molecule has 2 N–H and O–H groups in total. The second-order valence-electron chi connectivity index (χ2n) is 5.21. The van der Waals surface area contributed by atoms with Gasteiger partial charge < -0.3 is 4.98 Å². The Morgan fingerprint density at radius 2 is 2.04 bits per heavy atom. The monoisotopic (exact) mass is 392 g/mol. The van der Waals surface area contributed by atoms with E-state index in [1.54, 1.807) is 25.1 Å². The van der Waals surface area contributed by atoms with Crippen LogP contribution in [0.1, 0.15) is 12.5 Å². The third-order valence-electron chi connectivity index (χ3n) is 3.39. The first-order valence-electron chi connectivity index (χ1n) is 7.39. The lowest BCUT2D eigenvalue weighted by atomic mass is 10.1. The Morgan fingerprint density at radius 3 is 2.80 bits per heavy atom. The summed E-state index contributed by atoms with van der Waals surface area (Å²) in [5, 5.41) is 5.71. The fourth-order valence-corrected chi connectivity index (χ4v) is 3.07. The van der Waals surface area contributed by atoms with Crippen LogP contribution in [-0.2, 0) is 4.79 Å². The standard InChI is InChI=1S/C17H14Cl2N4OS/c1-10(11-6-7-12(18)13(19)8-11)22-23-16(24)9-25-17-20-14-4-2-3-5-15(14)21-17/h2-8H,9H2,1H3,(H,20,21)(H,23,24)/b22-10+. The molecule has 0 fully saturated rings. The van der Waals surface area contributed by atoms with Gasteiger partial charge in [0.15, 0.2) is 5.16 Å². The Kier molecular flexibility index (Phi) is 5.63. The molecule has 0 unspecified atom stereocenters. The largest absolute Gasteiger partial charge is 0.333 e. The van der Waals surface area contributed by atoms with Crippen molar-refractivity contribution >= 4 is 57.6 Å². The van der Waals surface area contributed by atoms with Crippen molar-refractivity contribution in [1.82, 2.24) is 15.4 Å². The lowest BCUT2D eigenvalue weighted by Crippen LogP contribution is -2.21. The number of amides is 1. The molecular weight excluding hydrogens is 379 g/mol. The number of fused-ring (bicyclic) bond motifs is 1. The molecule has 3 rings (SSSR count). The number of halogens is 2. The first-order chi connectivity index (χ1) is 12.0. The van der Waals surface area contributed by atoms with E-state index in [2.05, 4.69) is 20.5 Å². The number of aromatic nitrogens is 2. The molecule has 0 saturated carbocycles. The minimum Gasteiger partial charge on any atom is -0.333 e. The Balaban J connectivity index is 1.57. The number of para-hydroxylation sites is 2. The number of thioether (sulfide) groups is 1. The summed E-state index contributed by atoms with van der Waals surface area (Å²) in [6.07, 6.45) is 0. The first kappa shape index (κ1) is 17.8. The molecule has 1 aromatic heterocycles. The summed E-state index contributed by atoms with van der Waals surface area (Å²) in [4.78, 5) is 19.5. The number of hydrazone groups is 1. The van der Waals surface area contributed by atoms with Gasteiger partial charge in [-0.25, -0.2) is 10.4 Å². The molecule has 8 heteroatoms. The maximum atomic E-state index is 12.0. The van der Waals surface area contributed by atoms with Gasteiger partial charge in [-0.05, 0) is 36.8 Å². The zero-order chi connectivity index (χ0) is 17.8. The molecule has 0 aliphatic heterocycles. The second kappa shape index (κ2) is 7.91. The van der Waals surface area contributed by atoms with Crippen LogP contribution in [0, 0.1) is 0 Å². The predicted octanol–water partition coefficient (Wildman–Crippen LogP) is 4.50. The van der Waals surface area contributed by atoms with Crippen LogP contribution in [-0.4, -0.2) is 27.3 Å². The molecule has 0 bridgehead atoms. The molecule has 1 heterocycles. The van der Waals surface area contributed by atoms with Crippen LogP contribution in [0.2, 0.25) is 10.0 Å². The van der Waals surface area contributed by atoms with E-state index in [9.17, 15) is 4.79 Å². The number of rotatable bonds is 5. The number of benzene rings is 2. The van der Waals surface area contributed by atoms with E-state index in [4.69, 9.17) is 23.2 Å². The number of hydrogen-bond acceptors (Lipinski definition) is 4. The molecule has 0 spiro atoms. The van der Waals surface area contributed by atoms with Crippen LogP contribution in [0.15, 0.2) is 52.7 Å². The lowest BCUT2D eigenvalue weighted by molar-refractivity contribution is -0.118. The molecular formula is C17H14Cl2N4OS. The maximum Gasteiger partial charge on any atom is 0.250 e. The van der Waals surface area contributed by atoms with Crippen molar-refractivity contribution < 1.29 is 4.79 Å². The molecule has 0 atom stereocenters. The topological polar surface area (TPSA) is 70.1 Å². The number of carbonyl (C=O) groups excluding carboxylic acids is 1. The van der Waals surface area contributed by atoms with Crippen LogP contribution in [0.3, 0.4) is 0 Å². The predicted molar refractivity (Wildman–Crippen MR) is 104 cm³/mol. The molecule has 5 nitrogen and oxygen atoms in total. The van der Waals surface area contributed by atoms with E-state index in [0.29, 0.717) is 20.9 Å². The van der Waals surface area contributed by atoms with Crippen molar-refractivity contribution in [1.29, 1.82) is 0 Å². The molecule has 0 aliphatic rings. The minimum atomic E-state index is -0.218. The summed E-state index contributed by atoms with van der Waals surface area (Å²) < 4.78 is 0. The van der Waals surface area contributed by atoms with E-state index >= 15 is 0 Å². The Labute approximate surface area is 158 Å². The average Bonchev–Trinajstić information content (AvgIpc) is 3.03. The molecule has 0 saturated heterocycles. The fraction of sp³-hybridized carbons (Fsp3) is 0.118. The van der Waals surface area contributed by atoms with Gasteiger partial charge in [-0.15, -0.1) is 0 Å². The highest BCUT2D eigenvalue weighted by Crippen LogP contribution is 2.23. The van der Waals surface area contributed by atoms with E-state index < -0.39 is 0 Å². The quantitative estimate of drug-likeness (QED) is 0.381. The van der Waals surface area contributed by atoms with Crippen molar-refractivity contribution in [2.75, 3.05) is 5.75 Å². The van der Waals surface area contributed by atoms with Crippen LogP contribution >= 0.6 is 35.0 Å². The van der Waals surface area contributed by atoms with Gasteiger partial charge in [-0.2, -0.15) is 5.10 Å². The molecule has 1 amide bonds. The number of hydrogen-bond donors (Lipinski definition) is 2. The lowest BCUT2D eigenvalue weighted by Gasteiger charge is -2.04. The van der Waals surface area contributed by atoms with Crippen molar-refractivity contribution in [3.8, 4) is 0 Å². The van der Waals surface area contributed by atoms with E-state index in [0.717, 1.165) is 16.6 Å². The molecule has 3 aromatic rings. The van der Waals surface area contributed by atoms with Crippen LogP contribution in [0.5, 0.6) is 0 Å². The Morgan fingerprint density at radius 1 is 1.24 bits per heavy atom. The highest BCUT2D eigenvalue weighted by atomic mass is 35.5. The minimum absolute atomic E-state index is 0.206. The van der Waals surface area contributed by atoms with Gasteiger partial charge >= 0.3 is 0 Å². The Hall–Kier alpha value is -2.02. The molecule has 2 aromatic carbocycles. The van der Waals surface area contributed by atoms with Gasteiger partial charge in [0.1, 0.15) is 0 Å². The van der Waals surface area contributed by atoms with Gasteiger partial charge in [0, 0.05) is 0 Å². The smallest absolute Gasteiger partial charge is 0.250 e. The summed E-state index contributed by atoms with van der Waals surface area (Å²) in [5.41, 5.74) is 5.78.